The van der Waals surface area contributed by atoms with E-state index in [-0.39, 0.29) is 11.8 Å². The van der Waals surface area contributed by atoms with E-state index in [1.807, 2.05) is 17.0 Å². The number of likely N-dealkylation sites (N-methyl/N-ethyl adjacent to an activating group) is 1. The second kappa shape index (κ2) is 8.48. The van der Waals surface area contributed by atoms with Gasteiger partial charge < -0.3 is 14.5 Å². The van der Waals surface area contributed by atoms with E-state index in [2.05, 4.69) is 20.8 Å². The normalized spacial score (nSPS) is 15.8. The lowest BCUT2D eigenvalue weighted by molar-refractivity contribution is -0.129. The molecule has 1 aliphatic rings. The highest BCUT2D eigenvalue weighted by Crippen LogP contribution is 2.24. The summed E-state index contributed by atoms with van der Waals surface area (Å²) >= 11 is 3.44. The SMILES string of the molecule is COc1ccc(Br)c(C(=O)N2CCCN(CC(=O)N(C)C)CC2)c1. The average molecular weight is 398 g/mol. The van der Waals surface area contributed by atoms with Crippen LogP contribution in [0.3, 0.4) is 0 Å². The van der Waals surface area contributed by atoms with E-state index in [1.165, 1.54) is 0 Å². The number of ether oxygens (including phenoxy) is 1. The maximum Gasteiger partial charge on any atom is 0.255 e. The van der Waals surface area contributed by atoms with Crippen LogP contribution in [0.4, 0.5) is 0 Å². The summed E-state index contributed by atoms with van der Waals surface area (Å²) in [7, 11) is 5.11. The third-order valence-electron chi connectivity index (χ3n) is 4.14. The van der Waals surface area contributed by atoms with Crippen molar-refractivity contribution >= 4 is 27.7 Å². The predicted molar refractivity (Wildman–Crippen MR) is 96.3 cm³/mol. The smallest absolute Gasteiger partial charge is 0.255 e. The Hall–Kier alpha value is -1.60. The molecule has 2 amide bonds. The van der Waals surface area contributed by atoms with Crippen LogP contribution in [0.25, 0.3) is 0 Å². The van der Waals surface area contributed by atoms with Gasteiger partial charge in [0, 0.05) is 44.7 Å². The number of halogens is 1. The number of carbonyl (C=O) groups excluding carboxylic acids is 2. The Labute approximate surface area is 151 Å². The quantitative estimate of drug-likeness (QED) is 0.775. The van der Waals surface area contributed by atoms with Gasteiger partial charge in [-0.25, -0.2) is 0 Å². The maximum absolute atomic E-state index is 12.8. The van der Waals surface area contributed by atoms with Crippen LogP contribution in [0.2, 0.25) is 0 Å². The molecule has 6 nitrogen and oxygen atoms in total. The summed E-state index contributed by atoms with van der Waals surface area (Å²) in [5.41, 5.74) is 0.604. The molecule has 0 saturated carbocycles. The first-order valence-electron chi connectivity index (χ1n) is 7.97. The summed E-state index contributed by atoms with van der Waals surface area (Å²) in [6.07, 6.45) is 0.855. The van der Waals surface area contributed by atoms with Crippen molar-refractivity contribution in [3.05, 3.63) is 28.2 Å². The molecule has 0 spiro atoms. The van der Waals surface area contributed by atoms with Crippen molar-refractivity contribution in [1.82, 2.24) is 14.7 Å². The third-order valence-corrected chi connectivity index (χ3v) is 4.83. The molecule has 1 heterocycles. The Morgan fingerprint density at radius 3 is 2.62 bits per heavy atom. The molecule has 1 aliphatic heterocycles. The Bertz CT molecular complexity index is 607. The van der Waals surface area contributed by atoms with Crippen molar-refractivity contribution in [2.45, 2.75) is 6.42 Å². The van der Waals surface area contributed by atoms with Gasteiger partial charge in [0.05, 0.1) is 19.2 Å². The number of rotatable bonds is 4. The third kappa shape index (κ3) is 4.70. The van der Waals surface area contributed by atoms with Gasteiger partial charge in [0.1, 0.15) is 5.75 Å². The minimum atomic E-state index is -0.0124. The molecule has 7 heteroatoms. The second-order valence-corrected chi connectivity index (χ2v) is 6.91. The zero-order valence-electron chi connectivity index (χ0n) is 14.4. The molecule has 0 N–H and O–H groups in total. The van der Waals surface area contributed by atoms with Gasteiger partial charge in [-0.15, -0.1) is 0 Å². The van der Waals surface area contributed by atoms with E-state index in [0.717, 1.165) is 17.4 Å². The van der Waals surface area contributed by atoms with Crippen molar-refractivity contribution in [2.24, 2.45) is 0 Å². The van der Waals surface area contributed by atoms with E-state index < -0.39 is 0 Å². The number of benzene rings is 1. The van der Waals surface area contributed by atoms with Crippen LogP contribution in [-0.4, -0.2) is 80.4 Å². The minimum Gasteiger partial charge on any atom is -0.497 e. The van der Waals surface area contributed by atoms with Gasteiger partial charge in [-0.05, 0) is 40.5 Å². The predicted octanol–water partition coefficient (Wildman–Crippen LogP) is 1.69. The lowest BCUT2D eigenvalue weighted by Crippen LogP contribution is -2.39. The Morgan fingerprint density at radius 1 is 1.21 bits per heavy atom. The highest BCUT2D eigenvalue weighted by molar-refractivity contribution is 9.10. The molecular weight excluding hydrogens is 374 g/mol. The van der Waals surface area contributed by atoms with Gasteiger partial charge in [0.15, 0.2) is 0 Å². The Morgan fingerprint density at radius 2 is 1.96 bits per heavy atom. The van der Waals surface area contributed by atoms with Crippen molar-refractivity contribution < 1.29 is 14.3 Å². The lowest BCUT2D eigenvalue weighted by atomic mass is 10.2. The number of nitrogens with zero attached hydrogens (tertiary/aromatic N) is 3. The summed E-state index contributed by atoms with van der Waals surface area (Å²) in [5.74, 6) is 0.737. The van der Waals surface area contributed by atoms with E-state index in [4.69, 9.17) is 4.74 Å². The van der Waals surface area contributed by atoms with Crippen molar-refractivity contribution in [3.8, 4) is 5.75 Å². The monoisotopic (exact) mass is 397 g/mol. The number of amides is 2. The summed E-state index contributed by atoms with van der Waals surface area (Å²) in [6, 6.07) is 5.40. The molecule has 1 fully saturated rings. The summed E-state index contributed by atoms with van der Waals surface area (Å²) in [6.45, 7) is 3.23. The van der Waals surface area contributed by atoms with Gasteiger partial charge in [-0.1, -0.05) is 0 Å². The van der Waals surface area contributed by atoms with Crippen LogP contribution in [0.15, 0.2) is 22.7 Å². The number of methoxy groups -OCH3 is 1. The molecule has 0 radical (unpaired) electrons. The standard InChI is InChI=1S/C17H24BrN3O3/c1-19(2)16(22)12-20-7-4-8-21(10-9-20)17(23)14-11-13(24-3)5-6-15(14)18/h5-6,11H,4,7-10,12H2,1-3H3. The molecule has 1 aromatic rings. The largest absolute Gasteiger partial charge is 0.497 e. The molecule has 0 bridgehead atoms. The van der Waals surface area contributed by atoms with Crippen LogP contribution >= 0.6 is 15.9 Å². The fraction of sp³-hybridized carbons (Fsp3) is 0.529. The average Bonchev–Trinajstić information content (AvgIpc) is 2.80. The summed E-state index contributed by atoms with van der Waals surface area (Å²) in [4.78, 5) is 30.2. The van der Waals surface area contributed by atoms with Gasteiger partial charge >= 0.3 is 0 Å². The number of carbonyl (C=O) groups is 2. The van der Waals surface area contributed by atoms with E-state index in [0.29, 0.717) is 37.5 Å². The molecule has 24 heavy (non-hydrogen) atoms. The molecular formula is C17H24BrN3O3. The van der Waals surface area contributed by atoms with Gasteiger partial charge in [-0.3, -0.25) is 14.5 Å². The van der Waals surface area contributed by atoms with Gasteiger partial charge in [0.2, 0.25) is 5.91 Å². The Balaban J connectivity index is 2.03. The molecule has 2 rings (SSSR count). The van der Waals surface area contributed by atoms with Crippen LogP contribution in [-0.2, 0) is 4.79 Å². The maximum atomic E-state index is 12.8. The highest BCUT2D eigenvalue weighted by atomic mass is 79.9. The molecule has 1 aromatic carbocycles. The topological polar surface area (TPSA) is 53.1 Å². The first kappa shape index (κ1) is 18.7. The van der Waals surface area contributed by atoms with Crippen molar-refractivity contribution in [1.29, 1.82) is 0 Å². The molecule has 0 aliphatic carbocycles. The molecule has 0 atom stereocenters. The molecule has 132 valence electrons. The molecule has 0 aromatic heterocycles. The highest BCUT2D eigenvalue weighted by Gasteiger charge is 2.23. The first-order chi connectivity index (χ1) is 11.4. The van der Waals surface area contributed by atoms with Crippen LogP contribution < -0.4 is 4.74 Å². The number of hydrogen-bond donors (Lipinski definition) is 0. The zero-order valence-corrected chi connectivity index (χ0v) is 16.0. The van der Waals surface area contributed by atoms with Crippen LogP contribution in [0, 0.1) is 0 Å². The minimum absolute atomic E-state index is 0.0124. The molecule has 1 saturated heterocycles. The van der Waals surface area contributed by atoms with Crippen molar-refractivity contribution in [3.63, 3.8) is 0 Å². The summed E-state index contributed by atoms with van der Waals surface area (Å²) < 4.78 is 5.97. The van der Waals surface area contributed by atoms with E-state index in [1.54, 1.807) is 32.2 Å². The fourth-order valence-corrected chi connectivity index (χ4v) is 3.05. The lowest BCUT2D eigenvalue weighted by Gasteiger charge is -2.23. The molecule has 0 unspecified atom stereocenters. The van der Waals surface area contributed by atoms with Crippen LogP contribution in [0.1, 0.15) is 16.8 Å². The van der Waals surface area contributed by atoms with Gasteiger partial charge in [-0.2, -0.15) is 0 Å². The fourth-order valence-electron chi connectivity index (χ4n) is 2.63. The first-order valence-corrected chi connectivity index (χ1v) is 8.77. The van der Waals surface area contributed by atoms with E-state index >= 15 is 0 Å². The Kier molecular flexibility index (Phi) is 6.62. The van der Waals surface area contributed by atoms with Crippen molar-refractivity contribution in [2.75, 3.05) is 53.9 Å². The van der Waals surface area contributed by atoms with E-state index in [9.17, 15) is 9.59 Å². The summed E-state index contributed by atoms with van der Waals surface area (Å²) in [5, 5.41) is 0. The second-order valence-electron chi connectivity index (χ2n) is 6.06. The number of hydrogen-bond acceptors (Lipinski definition) is 4. The van der Waals surface area contributed by atoms with Crippen LogP contribution in [0.5, 0.6) is 5.75 Å². The van der Waals surface area contributed by atoms with Gasteiger partial charge in [0.25, 0.3) is 5.91 Å². The zero-order chi connectivity index (χ0) is 17.7.